The maximum atomic E-state index is 12.6. The summed E-state index contributed by atoms with van der Waals surface area (Å²) >= 11 is 6.14. The van der Waals surface area contributed by atoms with Crippen molar-refractivity contribution >= 4 is 39.1 Å². The first kappa shape index (κ1) is 19.3. The lowest BCUT2D eigenvalue weighted by Crippen LogP contribution is -2.33. The predicted molar refractivity (Wildman–Crippen MR) is 102 cm³/mol. The molecule has 27 heavy (non-hydrogen) atoms. The molecule has 2 aromatic rings. The van der Waals surface area contributed by atoms with Gasteiger partial charge in [0.05, 0.1) is 34.1 Å². The zero-order chi connectivity index (χ0) is 19.8. The summed E-state index contributed by atoms with van der Waals surface area (Å²) in [6, 6.07) is 9.53. The number of rotatable bonds is 4. The molecule has 0 radical (unpaired) electrons. The van der Waals surface area contributed by atoms with Crippen molar-refractivity contribution in [3.63, 3.8) is 0 Å². The number of sulfonamides is 1. The van der Waals surface area contributed by atoms with E-state index in [9.17, 15) is 18.0 Å². The van der Waals surface area contributed by atoms with E-state index in [1.54, 1.807) is 38.2 Å². The number of benzene rings is 1. The molecule has 1 aromatic heterocycles. The van der Waals surface area contributed by atoms with Crippen LogP contribution in [0.3, 0.4) is 0 Å². The third kappa shape index (κ3) is 3.81. The first-order valence-electron chi connectivity index (χ1n) is 8.17. The van der Waals surface area contributed by atoms with Gasteiger partial charge in [-0.25, -0.2) is 12.7 Å². The smallest absolute Gasteiger partial charge is 0.251 e. The molecule has 1 saturated heterocycles. The van der Waals surface area contributed by atoms with Gasteiger partial charge in [0.15, 0.2) is 0 Å². The van der Waals surface area contributed by atoms with Crippen LogP contribution in [0.1, 0.15) is 29.9 Å². The van der Waals surface area contributed by atoms with E-state index in [0.29, 0.717) is 10.00 Å². The summed E-state index contributed by atoms with van der Waals surface area (Å²) in [4.78, 5) is 29.1. The average molecular weight is 408 g/mol. The molecule has 9 heteroatoms. The van der Waals surface area contributed by atoms with Crippen LogP contribution in [0.25, 0.3) is 0 Å². The Hall–Kier alpha value is -2.45. The van der Waals surface area contributed by atoms with Gasteiger partial charge in [-0.1, -0.05) is 17.7 Å². The zero-order valence-electron chi connectivity index (χ0n) is 14.8. The van der Waals surface area contributed by atoms with Gasteiger partial charge >= 0.3 is 0 Å². The molecule has 1 aliphatic heterocycles. The summed E-state index contributed by atoms with van der Waals surface area (Å²) in [5, 5.41) is 2.78. The first-order chi connectivity index (χ1) is 12.6. The number of anilines is 1. The zero-order valence-corrected chi connectivity index (χ0v) is 16.3. The molecule has 1 N–H and O–H groups in total. The number of hydrogen-bond donors (Lipinski definition) is 1. The summed E-state index contributed by atoms with van der Waals surface area (Å²) in [7, 11) is -3.86. The van der Waals surface area contributed by atoms with Gasteiger partial charge in [0, 0.05) is 11.8 Å². The first-order valence-corrected chi connectivity index (χ1v) is 10.2. The van der Waals surface area contributed by atoms with Crippen molar-refractivity contribution in [2.45, 2.75) is 20.4 Å². The van der Waals surface area contributed by atoms with Gasteiger partial charge in [-0.15, -0.1) is 0 Å². The van der Waals surface area contributed by atoms with Crippen LogP contribution in [-0.4, -0.2) is 31.0 Å². The number of halogens is 1. The Labute approximate surface area is 162 Å². The second-order valence-corrected chi connectivity index (χ2v) is 9.10. The molecular formula is C18H18ClN3O4S. The largest absolute Gasteiger partial charge is 0.346 e. The molecule has 0 unspecified atom stereocenters. The van der Waals surface area contributed by atoms with Crippen LogP contribution in [0.2, 0.25) is 5.02 Å². The molecule has 0 bridgehead atoms. The summed E-state index contributed by atoms with van der Waals surface area (Å²) in [5.41, 5.74) is -0.200. The maximum Gasteiger partial charge on any atom is 0.251 e. The SMILES string of the molecule is CC1(C)CS(=O)(=O)N(c2cc(C(=O)NCc3ccccn3)ccc2Cl)C1=O. The third-order valence-electron chi connectivity index (χ3n) is 4.17. The fraction of sp³-hybridized carbons (Fsp3) is 0.278. The lowest BCUT2D eigenvalue weighted by molar-refractivity contribution is -0.123. The van der Waals surface area contributed by atoms with Crippen LogP contribution in [0.5, 0.6) is 0 Å². The van der Waals surface area contributed by atoms with E-state index >= 15 is 0 Å². The minimum atomic E-state index is -3.86. The Bertz CT molecular complexity index is 1010. The molecule has 2 amide bonds. The Morgan fingerprint density at radius 3 is 2.63 bits per heavy atom. The lowest BCUT2D eigenvalue weighted by atomic mass is 9.95. The Morgan fingerprint density at radius 1 is 1.30 bits per heavy atom. The van der Waals surface area contributed by atoms with E-state index in [-0.39, 0.29) is 28.6 Å². The van der Waals surface area contributed by atoms with Crippen LogP contribution in [0.15, 0.2) is 42.6 Å². The van der Waals surface area contributed by atoms with Crippen LogP contribution in [0.4, 0.5) is 5.69 Å². The number of nitrogens with one attached hydrogen (secondary N) is 1. The minimum Gasteiger partial charge on any atom is -0.346 e. The number of nitrogens with zero attached hydrogens (tertiary/aromatic N) is 2. The average Bonchev–Trinajstić information content (AvgIpc) is 2.77. The van der Waals surface area contributed by atoms with Crippen molar-refractivity contribution in [2.75, 3.05) is 10.1 Å². The highest BCUT2D eigenvalue weighted by atomic mass is 35.5. The number of aromatic nitrogens is 1. The molecule has 0 aliphatic carbocycles. The van der Waals surface area contributed by atoms with Crippen LogP contribution >= 0.6 is 11.6 Å². The highest BCUT2D eigenvalue weighted by Crippen LogP contribution is 2.39. The van der Waals surface area contributed by atoms with Crippen LogP contribution < -0.4 is 9.62 Å². The van der Waals surface area contributed by atoms with E-state index in [0.717, 1.165) is 0 Å². The second kappa shape index (κ2) is 6.94. The molecule has 142 valence electrons. The lowest BCUT2D eigenvalue weighted by Gasteiger charge is -2.19. The second-order valence-electron chi connectivity index (χ2n) is 6.88. The Kier molecular flexibility index (Phi) is 4.96. The summed E-state index contributed by atoms with van der Waals surface area (Å²) in [6.07, 6.45) is 1.62. The number of carbonyl (C=O) groups excluding carboxylic acids is 2. The van der Waals surface area contributed by atoms with Crippen LogP contribution in [0, 0.1) is 5.41 Å². The van der Waals surface area contributed by atoms with Crippen molar-refractivity contribution in [3.8, 4) is 0 Å². The molecule has 1 aromatic carbocycles. The van der Waals surface area contributed by atoms with E-state index in [2.05, 4.69) is 10.3 Å². The maximum absolute atomic E-state index is 12.6. The number of hydrogen-bond acceptors (Lipinski definition) is 5. The molecular weight excluding hydrogens is 390 g/mol. The van der Waals surface area contributed by atoms with Gasteiger partial charge in [-0.05, 0) is 44.2 Å². The van der Waals surface area contributed by atoms with Gasteiger partial charge in [0.25, 0.3) is 5.91 Å². The Balaban J connectivity index is 1.89. The molecule has 1 aliphatic rings. The normalized spacial score (nSPS) is 17.7. The van der Waals surface area contributed by atoms with Gasteiger partial charge in [-0.3, -0.25) is 14.6 Å². The molecule has 1 fully saturated rings. The van der Waals surface area contributed by atoms with Crippen molar-refractivity contribution < 1.29 is 18.0 Å². The molecule has 7 nitrogen and oxygen atoms in total. The quantitative estimate of drug-likeness (QED) is 0.839. The fourth-order valence-corrected chi connectivity index (χ4v) is 5.20. The highest BCUT2D eigenvalue weighted by molar-refractivity contribution is 7.94. The van der Waals surface area contributed by atoms with Gasteiger partial charge < -0.3 is 5.32 Å². The topological polar surface area (TPSA) is 96.4 Å². The van der Waals surface area contributed by atoms with Crippen molar-refractivity contribution in [3.05, 3.63) is 58.9 Å². The molecule has 0 saturated carbocycles. The standard InChI is InChI=1S/C18H18ClN3O4S/c1-18(2)11-27(25,26)22(17(18)24)15-9-12(6-7-14(15)19)16(23)21-10-13-5-3-4-8-20-13/h3-9H,10-11H2,1-2H3,(H,21,23). The van der Waals surface area contributed by atoms with E-state index in [4.69, 9.17) is 11.6 Å². The monoisotopic (exact) mass is 407 g/mol. The molecule has 0 atom stereocenters. The molecule has 0 spiro atoms. The van der Waals surface area contributed by atoms with Gasteiger partial charge in [0.2, 0.25) is 15.9 Å². The van der Waals surface area contributed by atoms with Crippen LogP contribution in [-0.2, 0) is 21.4 Å². The van der Waals surface area contributed by atoms with Crippen molar-refractivity contribution in [1.82, 2.24) is 10.3 Å². The number of pyridine rings is 1. The summed E-state index contributed by atoms with van der Waals surface area (Å²) in [5.74, 6) is -1.32. The Morgan fingerprint density at radius 2 is 2.04 bits per heavy atom. The number of carbonyl (C=O) groups is 2. The van der Waals surface area contributed by atoms with Gasteiger partial charge in [-0.2, -0.15) is 0 Å². The summed E-state index contributed by atoms with van der Waals surface area (Å²) in [6.45, 7) is 3.33. The van der Waals surface area contributed by atoms with Gasteiger partial charge in [0.1, 0.15) is 0 Å². The molecule has 2 heterocycles. The van der Waals surface area contributed by atoms with Crippen molar-refractivity contribution in [1.29, 1.82) is 0 Å². The third-order valence-corrected chi connectivity index (χ3v) is 6.49. The van der Waals surface area contributed by atoms with E-state index in [1.807, 2.05) is 0 Å². The highest BCUT2D eigenvalue weighted by Gasteiger charge is 2.50. The van der Waals surface area contributed by atoms with E-state index < -0.39 is 27.3 Å². The summed E-state index contributed by atoms with van der Waals surface area (Å²) < 4.78 is 25.6. The number of amides is 2. The minimum absolute atomic E-state index is 0.0160. The molecule has 3 rings (SSSR count). The van der Waals surface area contributed by atoms with Crippen molar-refractivity contribution in [2.24, 2.45) is 5.41 Å². The van der Waals surface area contributed by atoms with E-state index in [1.165, 1.54) is 18.2 Å². The predicted octanol–water partition coefficient (Wildman–Crippen LogP) is 2.37. The fourth-order valence-electron chi connectivity index (χ4n) is 2.83.